The molecule has 1 aromatic heterocycles. The Morgan fingerprint density at radius 1 is 0.931 bits per heavy atom. The van der Waals surface area contributed by atoms with E-state index in [1.54, 1.807) is 0 Å². The van der Waals surface area contributed by atoms with Gasteiger partial charge in [-0.1, -0.05) is 80.1 Å². The van der Waals surface area contributed by atoms with Crippen LogP contribution in [0.4, 0.5) is 5.82 Å². The van der Waals surface area contributed by atoms with Gasteiger partial charge in [-0.2, -0.15) is 0 Å². The molecule has 0 bridgehead atoms. The molecule has 4 heteroatoms. The lowest BCUT2D eigenvalue weighted by atomic mass is 9.87. The largest absolute Gasteiger partial charge is 0.378 e. The van der Waals surface area contributed by atoms with E-state index in [1.807, 2.05) is 0 Å². The number of anilines is 1. The molecule has 0 amide bonds. The second-order valence-corrected chi connectivity index (χ2v) is 8.70. The maximum atomic E-state index is 5.52. The molecule has 1 aliphatic rings. The zero-order valence-electron chi connectivity index (χ0n) is 17.6. The summed E-state index contributed by atoms with van der Waals surface area (Å²) in [4.78, 5) is 2.31. The van der Waals surface area contributed by atoms with Gasteiger partial charge in [-0.3, -0.25) is 0 Å². The van der Waals surface area contributed by atoms with Crippen LogP contribution in [0.3, 0.4) is 0 Å². The molecular formula is C25H30N3O+. The molecular weight excluding hydrogens is 358 g/mol. The van der Waals surface area contributed by atoms with E-state index < -0.39 is 0 Å². The molecule has 3 aromatic rings. The number of nitrogens with zero attached hydrogens (tertiary/aromatic N) is 3. The van der Waals surface area contributed by atoms with Crippen molar-refractivity contribution < 1.29 is 9.42 Å². The van der Waals surface area contributed by atoms with Gasteiger partial charge in [0, 0.05) is 29.8 Å². The minimum Gasteiger partial charge on any atom is -0.378 e. The molecule has 2 aromatic carbocycles. The van der Waals surface area contributed by atoms with Crippen molar-refractivity contribution >= 4 is 5.82 Å². The van der Waals surface area contributed by atoms with Gasteiger partial charge in [0.05, 0.1) is 18.8 Å². The van der Waals surface area contributed by atoms with Crippen molar-refractivity contribution in [3.63, 3.8) is 0 Å². The summed E-state index contributed by atoms with van der Waals surface area (Å²) in [5.41, 5.74) is 5.18. The average molecular weight is 389 g/mol. The maximum absolute atomic E-state index is 5.52. The molecule has 0 spiro atoms. The smallest absolute Gasteiger partial charge is 0.204 e. The van der Waals surface area contributed by atoms with Crippen LogP contribution in [0, 0.1) is 0 Å². The maximum Gasteiger partial charge on any atom is 0.204 e. The van der Waals surface area contributed by atoms with Gasteiger partial charge in [0.25, 0.3) is 0 Å². The predicted octanol–water partition coefficient (Wildman–Crippen LogP) is 4.22. The second-order valence-electron chi connectivity index (χ2n) is 8.70. The Kier molecular flexibility index (Phi) is 5.63. The number of hydrogen-bond donors (Lipinski definition) is 0. The summed E-state index contributed by atoms with van der Waals surface area (Å²) < 4.78 is 7.59. The van der Waals surface area contributed by atoms with Gasteiger partial charge in [0.2, 0.25) is 6.20 Å². The first-order valence-corrected chi connectivity index (χ1v) is 10.4. The van der Waals surface area contributed by atoms with E-state index in [0.29, 0.717) is 0 Å². The normalized spacial score (nSPS) is 14.8. The number of rotatable bonds is 4. The highest BCUT2D eigenvalue weighted by molar-refractivity contribution is 5.64. The molecule has 0 radical (unpaired) electrons. The fraction of sp³-hybridized carbons (Fsp3) is 0.360. The molecule has 2 heterocycles. The van der Waals surface area contributed by atoms with E-state index in [9.17, 15) is 0 Å². The molecule has 0 unspecified atom stereocenters. The fourth-order valence-corrected chi connectivity index (χ4v) is 3.64. The van der Waals surface area contributed by atoms with Crippen LogP contribution in [0.15, 0.2) is 66.9 Å². The monoisotopic (exact) mass is 388 g/mol. The van der Waals surface area contributed by atoms with Gasteiger partial charge in [0.15, 0.2) is 12.4 Å². The summed E-state index contributed by atoms with van der Waals surface area (Å²) in [7, 11) is 0. The lowest BCUT2D eigenvalue weighted by Gasteiger charge is -2.26. The van der Waals surface area contributed by atoms with Crippen molar-refractivity contribution in [1.29, 1.82) is 0 Å². The van der Waals surface area contributed by atoms with Crippen molar-refractivity contribution in [2.75, 3.05) is 31.2 Å². The van der Waals surface area contributed by atoms with Gasteiger partial charge < -0.3 is 9.64 Å². The first-order chi connectivity index (χ1) is 14.0. The number of benzene rings is 2. The van der Waals surface area contributed by atoms with E-state index in [4.69, 9.17) is 9.84 Å². The zero-order chi connectivity index (χ0) is 20.3. The van der Waals surface area contributed by atoms with Gasteiger partial charge in [-0.25, -0.2) is 0 Å². The van der Waals surface area contributed by atoms with Gasteiger partial charge >= 0.3 is 0 Å². The average Bonchev–Trinajstić information content (AvgIpc) is 2.74. The molecule has 0 atom stereocenters. The summed E-state index contributed by atoms with van der Waals surface area (Å²) in [5, 5.41) is 4.94. The Morgan fingerprint density at radius 3 is 2.28 bits per heavy atom. The lowest BCUT2D eigenvalue weighted by Crippen LogP contribution is -2.43. The van der Waals surface area contributed by atoms with Crippen LogP contribution in [-0.2, 0) is 16.7 Å². The van der Waals surface area contributed by atoms with Crippen LogP contribution in [0.25, 0.3) is 11.1 Å². The number of hydrogen-bond acceptors (Lipinski definition) is 3. The molecule has 150 valence electrons. The van der Waals surface area contributed by atoms with Crippen molar-refractivity contribution in [2.24, 2.45) is 0 Å². The van der Waals surface area contributed by atoms with E-state index >= 15 is 0 Å². The summed E-state index contributed by atoms with van der Waals surface area (Å²) >= 11 is 0. The molecule has 0 aliphatic carbocycles. The Balaban J connectivity index is 1.66. The summed E-state index contributed by atoms with van der Waals surface area (Å²) in [6, 6.07) is 21.6. The third kappa shape index (κ3) is 4.83. The highest BCUT2D eigenvalue weighted by Gasteiger charge is 2.19. The molecule has 4 rings (SSSR count). The van der Waals surface area contributed by atoms with Crippen molar-refractivity contribution in [1.82, 2.24) is 5.10 Å². The van der Waals surface area contributed by atoms with Crippen LogP contribution < -0.4 is 9.58 Å². The minimum atomic E-state index is 0.167. The lowest BCUT2D eigenvalue weighted by molar-refractivity contribution is -0.744. The van der Waals surface area contributed by atoms with Crippen molar-refractivity contribution in [3.8, 4) is 11.1 Å². The van der Waals surface area contributed by atoms with Crippen LogP contribution in [0.5, 0.6) is 0 Å². The van der Waals surface area contributed by atoms with E-state index in [2.05, 4.69) is 97.2 Å². The molecule has 1 saturated heterocycles. The topological polar surface area (TPSA) is 29.2 Å². The Hall–Kier alpha value is -2.72. The van der Waals surface area contributed by atoms with Gasteiger partial charge in [-0.05, 0) is 16.5 Å². The van der Waals surface area contributed by atoms with Gasteiger partial charge in [0.1, 0.15) is 0 Å². The summed E-state index contributed by atoms with van der Waals surface area (Å²) in [6.45, 7) is 10.8. The predicted molar refractivity (Wildman–Crippen MR) is 117 cm³/mol. The number of ether oxygens (including phenoxy) is 1. The number of aromatic nitrogens is 2. The van der Waals surface area contributed by atoms with Crippen LogP contribution in [-0.4, -0.2) is 31.4 Å². The molecule has 1 fully saturated rings. The summed E-state index contributed by atoms with van der Waals surface area (Å²) in [6.07, 6.45) is 2.15. The Bertz CT molecular complexity index is 940. The third-order valence-electron chi connectivity index (χ3n) is 5.41. The molecule has 0 saturated carbocycles. The van der Waals surface area contributed by atoms with E-state index in [0.717, 1.165) is 38.7 Å². The van der Waals surface area contributed by atoms with E-state index in [1.165, 1.54) is 22.3 Å². The minimum absolute atomic E-state index is 0.167. The van der Waals surface area contributed by atoms with Crippen molar-refractivity contribution in [2.45, 2.75) is 32.7 Å². The third-order valence-corrected chi connectivity index (χ3v) is 5.41. The molecule has 29 heavy (non-hydrogen) atoms. The standard InChI is InChI=1S/C25H30N3O/c1-25(2,3)23-11-9-20(10-12-23)18-28-19-22(21-7-5-4-6-8-21)17-24(26-28)27-13-15-29-16-14-27/h4-12,17,19H,13-16,18H2,1-3H3/q+1. The SMILES string of the molecule is CC(C)(C)c1ccc(C[n+]2cc(-c3ccccc3)cc(N3CCOCC3)n2)cc1. The highest BCUT2D eigenvalue weighted by atomic mass is 16.5. The van der Waals surface area contributed by atoms with E-state index in [-0.39, 0.29) is 5.41 Å². The first kappa shape index (κ1) is 19.6. The second kappa shape index (κ2) is 8.34. The van der Waals surface area contributed by atoms with Crippen molar-refractivity contribution in [3.05, 3.63) is 78.0 Å². The quantitative estimate of drug-likeness (QED) is 0.627. The zero-order valence-corrected chi connectivity index (χ0v) is 17.6. The fourth-order valence-electron chi connectivity index (χ4n) is 3.64. The Labute approximate surface area is 173 Å². The van der Waals surface area contributed by atoms with Crippen LogP contribution in [0.1, 0.15) is 31.9 Å². The molecule has 4 nitrogen and oxygen atoms in total. The molecule has 0 N–H and O–H groups in total. The molecule has 1 aliphatic heterocycles. The summed E-state index contributed by atoms with van der Waals surface area (Å²) in [5.74, 6) is 1.01. The van der Waals surface area contributed by atoms with Crippen LogP contribution >= 0.6 is 0 Å². The van der Waals surface area contributed by atoms with Gasteiger partial charge in [-0.15, -0.1) is 0 Å². The van der Waals surface area contributed by atoms with Crippen LogP contribution in [0.2, 0.25) is 0 Å². The Morgan fingerprint density at radius 2 is 1.62 bits per heavy atom. The first-order valence-electron chi connectivity index (χ1n) is 10.4. The number of morpholine rings is 1. The highest BCUT2D eigenvalue weighted by Crippen LogP contribution is 2.23.